The molecule has 0 bridgehead atoms. The summed E-state index contributed by atoms with van der Waals surface area (Å²) in [7, 11) is 3.61. The molecule has 0 spiro atoms. The van der Waals surface area contributed by atoms with Crippen molar-refractivity contribution in [3.8, 4) is 0 Å². The predicted molar refractivity (Wildman–Crippen MR) is 76.2 cm³/mol. The third-order valence-electron chi connectivity index (χ3n) is 2.99. The van der Waals surface area contributed by atoms with Gasteiger partial charge in [-0.25, -0.2) is 0 Å². The molecule has 2 aromatic rings. The Hall–Kier alpha value is -1.11. The van der Waals surface area contributed by atoms with Gasteiger partial charge in [0.15, 0.2) is 0 Å². The minimum absolute atomic E-state index is 0.0335. The molecule has 2 aromatic heterocycles. The highest BCUT2D eigenvalue weighted by Gasteiger charge is 2.21. The number of furan rings is 1. The van der Waals surface area contributed by atoms with Gasteiger partial charge in [-0.1, -0.05) is 0 Å². The first-order chi connectivity index (χ1) is 9.17. The minimum Gasteiger partial charge on any atom is -0.469 e. The standard InChI is InChI=1S/C13H18BrN3O2/c1-9-6-10(8-19-9)12(15-2)13-11(14)7-16-17(13)4-5-18-3/h6-8,12,15H,4-5H2,1-3H3. The van der Waals surface area contributed by atoms with Gasteiger partial charge in [-0.05, 0) is 36.0 Å². The number of methoxy groups -OCH3 is 1. The molecule has 2 rings (SSSR count). The van der Waals surface area contributed by atoms with E-state index in [1.165, 1.54) is 0 Å². The summed E-state index contributed by atoms with van der Waals surface area (Å²) in [5.41, 5.74) is 2.15. The monoisotopic (exact) mass is 327 g/mol. The summed E-state index contributed by atoms with van der Waals surface area (Å²) >= 11 is 3.56. The zero-order chi connectivity index (χ0) is 13.8. The van der Waals surface area contributed by atoms with Gasteiger partial charge < -0.3 is 14.5 Å². The maximum atomic E-state index is 5.40. The summed E-state index contributed by atoms with van der Waals surface area (Å²) in [5, 5.41) is 7.67. The molecule has 0 radical (unpaired) electrons. The van der Waals surface area contributed by atoms with Crippen molar-refractivity contribution in [2.45, 2.75) is 19.5 Å². The van der Waals surface area contributed by atoms with Gasteiger partial charge in [-0.15, -0.1) is 0 Å². The number of nitrogens with one attached hydrogen (secondary N) is 1. The van der Waals surface area contributed by atoms with Gasteiger partial charge in [-0.3, -0.25) is 4.68 Å². The molecule has 2 heterocycles. The van der Waals surface area contributed by atoms with Crippen molar-refractivity contribution < 1.29 is 9.15 Å². The highest BCUT2D eigenvalue weighted by atomic mass is 79.9. The average molecular weight is 328 g/mol. The van der Waals surface area contributed by atoms with E-state index in [0.29, 0.717) is 13.2 Å². The van der Waals surface area contributed by atoms with Crippen LogP contribution in [-0.4, -0.2) is 30.5 Å². The lowest BCUT2D eigenvalue weighted by molar-refractivity contribution is 0.182. The largest absolute Gasteiger partial charge is 0.469 e. The molecule has 1 atom stereocenters. The second kappa shape index (κ2) is 6.36. The third-order valence-corrected chi connectivity index (χ3v) is 3.60. The maximum Gasteiger partial charge on any atom is 0.101 e. The van der Waals surface area contributed by atoms with Crippen molar-refractivity contribution in [1.82, 2.24) is 15.1 Å². The summed E-state index contributed by atoms with van der Waals surface area (Å²) < 4.78 is 13.4. The molecule has 0 saturated heterocycles. The van der Waals surface area contributed by atoms with Gasteiger partial charge in [0.05, 0.1) is 41.8 Å². The molecule has 0 aliphatic heterocycles. The number of nitrogens with zero attached hydrogens (tertiary/aromatic N) is 2. The Bertz CT molecular complexity index is 536. The van der Waals surface area contributed by atoms with Crippen LogP contribution >= 0.6 is 15.9 Å². The van der Waals surface area contributed by atoms with Crippen molar-refractivity contribution in [1.29, 1.82) is 0 Å². The molecular formula is C13H18BrN3O2. The Morgan fingerprint density at radius 1 is 1.58 bits per heavy atom. The Balaban J connectivity index is 2.34. The van der Waals surface area contributed by atoms with Crippen LogP contribution in [0.15, 0.2) is 27.4 Å². The van der Waals surface area contributed by atoms with Gasteiger partial charge in [-0.2, -0.15) is 5.10 Å². The van der Waals surface area contributed by atoms with Crippen molar-refractivity contribution in [2.24, 2.45) is 0 Å². The number of rotatable bonds is 6. The van der Waals surface area contributed by atoms with E-state index in [4.69, 9.17) is 9.15 Å². The van der Waals surface area contributed by atoms with Crippen LogP contribution in [0.4, 0.5) is 0 Å². The fourth-order valence-electron chi connectivity index (χ4n) is 2.09. The molecule has 0 saturated carbocycles. The first-order valence-corrected chi connectivity index (χ1v) is 6.89. The van der Waals surface area contributed by atoms with E-state index in [1.807, 2.05) is 30.9 Å². The molecule has 5 nitrogen and oxygen atoms in total. The molecule has 1 unspecified atom stereocenters. The van der Waals surface area contributed by atoms with E-state index in [0.717, 1.165) is 21.5 Å². The predicted octanol–water partition coefficient (Wildman–Crippen LogP) is 2.50. The zero-order valence-electron chi connectivity index (χ0n) is 11.3. The van der Waals surface area contributed by atoms with Crippen LogP contribution in [0.25, 0.3) is 0 Å². The van der Waals surface area contributed by atoms with Crippen LogP contribution in [-0.2, 0) is 11.3 Å². The average Bonchev–Trinajstić information content (AvgIpc) is 2.97. The Morgan fingerprint density at radius 2 is 2.37 bits per heavy atom. The summed E-state index contributed by atoms with van der Waals surface area (Å²) in [6, 6.07) is 2.06. The molecule has 19 heavy (non-hydrogen) atoms. The van der Waals surface area contributed by atoms with E-state index in [-0.39, 0.29) is 6.04 Å². The van der Waals surface area contributed by atoms with Gasteiger partial charge in [0.25, 0.3) is 0 Å². The van der Waals surface area contributed by atoms with Crippen LogP contribution in [0.1, 0.15) is 23.1 Å². The number of hydrogen-bond donors (Lipinski definition) is 1. The van der Waals surface area contributed by atoms with Crippen LogP contribution in [0.5, 0.6) is 0 Å². The van der Waals surface area contributed by atoms with Crippen LogP contribution in [0.2, 0.25) is 0 Å². The second-order valence-corrected chi connectivity index (χ2v) is 5.16. The fourth-order valence-corrected chi connectivity index (χ4v) is 2.62. The summed E-state index contributed by atoms with van der Waals surface area (Å²) in [6.45, 7) is 3.28. The molecule has 0 aromatic carbocycles. The lowest BCUT2D eigenvalue weighted by atomic mass is 10.1. The van der Waals surface area contributed by atoms with Crippen molar-refractivity contribution in [3.05, 3.63) is 40.0 Å². The van der Waals surface area contributed by atoms with Gasteiger partial charge in [0.2, 0.25) is 0 Å². The lowest BCUT2D eigenvalue weighted by Gasteiger charge is -2.17. The normalized spacial score (nSPS) is 12.8. The van der Waals surface area contributed by atoms with Gasteiger partial charge in [0.1, 0.15) is 5.76 Å². The van der Waals surface area contributed by atoms with Gasteiger partial charge in [0, 0.05) is 12.7 Å². The van der Waals surface area contributed by atoms with Crippen LogP contribution < -0.4 is 5.32 Å². The second-order valence-electron chi connectivity index (χ2n) is 4.31. The highest BCUT2D eigenvalue weighted by molar-refractivity contribution is 9.10. The van der Waals surface area contributed by atoms with Crippen molar-refractivity contribution >= 4 is 15.9 Å². The first kappa shape index (κ1) is 14.3. The van der Waals surface area contributed by atoms with E-state index < -0.39 is 0 Å². The first-order valence-electron chi connectivity index (χ1n) is 6.09. The Morgan fingerprint density at radius 3 is 2.95 bits per heavy atom. The van der Waals surface area contributed by atoms with Crippen molar-refractivity contribution in [2.75, 3.05) is 20.8 Å². The van der Waals surface area contributed by atoms with E-state index in [9.17, 15) is 0 Å². The van der Waals surface area contributed by atoms with E-state index in [1.54, 1.807) is 13.4 Å². The number of hydrogen-bond acceptors (Lipinski definition) is 4. The number of ether oxygens (including phenoxy) is 1. The lowest BCUT2D eigenvalue weighted by Crippen LogP contribution is -2.22. The quantitative estimate of drug-likeness (QED) is 0.885. The zero-order valence-corrected chi connectivity index (χ0v) is 12.9. The molecular weight excluding hydrogens is 310 g/mol. The maximum absolute atomic E-state index is 5.40. The smallest absolute Gasteiger partial charge is 0.101 e. The number of halogens is 1. The molecule has 6 heteroatoms. The molecule has 104 valence electrons. The van der Waals surface area contributed by atoms with Crippen LogP contribution in [0, 0.1) is 6.92 Å². The molecule has 1 N–H and O–H groups in total. The van der Waals surface area contributed by atoms with E-state index in [2.05, 4.69) is 26.3 Å². The van der Waals surface area contributed by atoms with E-state index >= 15 is 0 Å². The summed E-state index contributed by atoms with van der Waals surface area (Å²) in [4.78, 5) is 0. The molecule has 0 amide bonds. The van der Waals surface area contributed by atoms with Crippen molar-refractivity contribution in [3.63, 3.8) is 0 Å². The minimum atomic E-state index is 0.0335. The topological polar surface area (TPSA) is 52.2 Å². The van der Waals surface area contributed by atoms with Gasteiger partial charge >= 0.3 is 0 Å². The molecule has 0 aliphatic carbocycles. The molecule has 0 aliphatic rings. The summed E-state index contributed by atoms with van der Waals surface area (Å²) in [5.74, 6) is 0.898. The highest BCUT2D eigenvalue weighted by Crippen LogP contribution is 2.29. The number of aryl methyl sites for hydroxylation is 1. The molecule has 0 fully saturated rings. The third kappa shape index (κ3) is 3.08. The Kier molecular flexibility index (Phi) is 4.79. The Labute approximate surface area is 121 Å². The SMILES string of the molecule is CNC(c1coc(C)c1)c1c(Br)cnn1CCOC. The van der Waals surface area contributed by atoms with Crippen LogP contribution in [0.3, 0.4) is 0 Å². The summed E-state index contributed by atoms with van der Waals surface area (Å²) in [6.07, 6.45) is 3.58. The number of aromatic nitrogens is 2. The fraction of sp³-hybridized carbons (Fsp3) is 0.462.